The lowest BCUT2D eigenvalue weighted by atomic mass is 10.0. The Morgan fingerprint density at radius 3 is 2.44 bits per heavy atom. The number of hydrogen-bond acceptors (Lipinski definition) is 5. The van der Waals surface area contributed by atoms with E-state index in [0.29, 0.717) is 30.1 Å². The molecule has 2 rings (SSSR count). The summed E-state index contributed by atoms with van der Waals surface area (Å²) in [5, 5.41) is 10.2. The molecule has 0 unspecified atom stereocenters. The van der Waals surface area contributed by atoms with Crippen molar-refractivity contribution in [3.8, 4) is 0 Å². The monoisotopic (exact) mass is 368 g/mol. The minimum Gasteiger partial charge on any atom is -0.480 e. The fraction of sp³-hybridized carbons (Fsp3) is 0.625. The van der Waals surface area contributed by atoms with Crippen molar-refractivity contribution in [2.75, 3.05) is 0 Å². The number of aromatic nitrogens is 4. The molecule has 0 aliphatic carbocycles. The van der Waals surface area contributed by atoms with Crippen LogP contribution in [0.15, 0.2) is 14.7 Å². The Morgan fingerprint density at radius 2 is 1.92 bits per heavy atom. The summed E-state index contributed by atoms with van der Waals surface area (Å²) in [4.78, 5) is 42.8. The van der Waals surface area contributed by atoms with Crippen LogP contribution >= 0.6 is 11.8 Å². The fourth-order valence-electron chi connectivity index (χ4n) is 2.73. The number of H-pyrrole nitrogens is 1. The van der Waals surface area contributed by atoms with Crippen LogP contribution in [0, 0.1) is 0 Å². The van der Waals surface area contributed by atoms with Crippen molar-refractivity contribution in [3.63, 3.8) is 0 Å². The largest absolute Gasteiger partial charge is 0.480 e. The van der Waals surface area contributed by atoms with E-state index in [-0.39, 0.29) is 5.65 Å². The Bertz CT molecular complexity index is 892. The second kappa shape index (κ2) is 7.47. The van der Waals surface area contributed by atoms with Gasteiger partial charge in [-0.1, -0.05) is 39.0 Å². The molecular weight excluding hydrogens is 344 g/mol. The molecule has 2 N–H and O–H groups in total. The number of aryl methyl sites for hydroxylation is 2. The number of fused-ring (bicyclic) bond motifs is 1. The zero-order valence-corrected chi connectivity index (χ0v) is 15.8. The molecule has 0 saturated heterocycles. The van der Waals surface area contributed by atoms with Gasteiger partial charge in [-0.05, 0) is 19.3 Å². The molecule has 0 saturated carbocycles. The third-order valence-electron chi connectivity index (χ3n) is 4.53. The molecule has 0 spiro atoms. The Balaban J connectivity index is 2.72. The van der Waals surface area contributed by atoms with Crippen LogP contribution in [-0.2, 0) is 18.4 Å². The molecule has 2 aromatic rings. The zero-order valence-electron chi connectivity index (χ0n) is 15.0. The molecule has 0 atom stereocenters. The highest BCUT2D eigenvalue weighted by atomic mass is 32.2. The fourth-order valence-corrected chi connectivity index (χ4v) is 3.88. The highest BCUT2D eigenvalue weighted by molar-refractivity contribution is 8.01. The van der Waals surface area contributed by atoms with Gasteiger partial charge in [0.25, 0.3) is 5.56 Å². The van der Waals surface area contributed by atoms with Gasteiger partial charge in [0.2, 0.25) is 0 Å². The smallest absolute Gasteiger partial charge is 0.329 e. The Morgan fingerprint density at radius 1 is 1.28 bits per heavy atom. The molecule has 0 aliphatic rings. The van der Waals surface area contributed by atoms with E-state index in [1.807, 2.05) is 20.8 Å². The lowest BCUT2D eigenvalue weighted by Gasteiger charge is -2.25. The summed E-state index contributed by atoms with van der Waals surface area (Å²) in [5.74, 6) is -0.903. The minimum absolute atomic E-state index is 0.277. The van der Waals surface area contributed by atoms with E-state index in [1.54, 1.807) is 4.57 Å². The van der Waals surface area contributed by atoms with Gasteiger partial charge in [-0.3, -0.25) is 19.1 Å². The van der Waals surface area contributed by atoms with Crippen LogP contribution in [-0.4, -0.2) is 34.9 Å². The number of carboxylic acid groups (broad SMARTS) is 1. The van der Waals surface area contributed by atoms with Gasteiger partial charge in [-0.15, -0.1) is 0 Å². The molecule has 0 radical (unpaired) electrons. The number of aromatic amines is 1. The molecule has 0 aliphatic heterocycles. The van der Waals surface area contributed by atoms with E-state index >= 15 is 0 Å². The van der Waals surface area contributed by atoms with Crippen LogP contribution in [0.4, 0.5) is 0 Å². The molecule has 2 heterocycles. The topological polar surface area (TPSA) is 110 Å². The molecule has 2 aromatic heterocycles. The van der Waals surface area contributed by atoms with Crippen LogP contribution in [0.5, 0.6) is 0 Å². The average molecular weight is 368 g/mol. The Labute approximate surface area is 149 Å². The van der Waals surface area contributed by atoms with E-state index in [1.165, 1.54) is 11.6 Å². The first-order valence-corrected chi connectivity index (χ1v) is 9.24. The normalized spacial score (nSPS) is 12.0. The molecule has 25 heavy (non-hydrogen) atoms. The number of carboxylic acids is 1. The third kappa shape index (κ3) is 3.37. The van der Waals surface area contributed by atoms with Gasteiger partial charge < -0.3 is 9.67 Å². The average Bonchev–Trinajstić information content (AvgIpc) is 2.94. The maximum atomic E-state index is 12.3. The summed E-state index contributed by atoms with van der Waals surface area (Å²) in [6, 6.07) is 0. The predicted molar refractivity (Wildman–Crippen MR) is 97.3 cm³/mol. The van der Waals surface area contributed by atoms with Crippen molar-refractivity contribution in [2.24, 2.45) is 7.05 Å². The summed E-state index contributed by atoms with van der Waals surface area (Å²) >= 11 is 1.15. The van der Waals surface area contributed by atoms with Crippen molar-refractivity contribution in [2.45, 2.75) is 62.9 Å². The van der Waals surface area contributed by atoms with E-state index in [9.17, 15) is 19.5 Å². The molecule has 0 aromatic carbocycles. The van der Waals surface area contributed by atoms with Gasteiger partial charge in [-0.2, -0.15) is 0 Å². The number of nitrogens with one attached hydrogen (secondary N) is 1. The number of thioether (sulfide) groups is 1. The molecule has 0 amide bonds. The van der Waals surface area contributed by atoms with E-state index < -0.39 is 22.0 Å². The lowest BCUT2D eigenvalue weighted by molar-refractivity contribution is -0.140. The number of carbonyl (C=O) groups is 1. The standard InChI is InChI=1S/C16H24N4O4S/c1-5-8-9-20-10-11(19(4)14(24)18-12(10)21)17-15(20)25-16(6-2,7-3)13(22)23/h5-9H2,1-4H3,(H,22,23)(H,18,21,24). The molecule has 138 valence electrons. The highest BCUT2D eigenvalue weighted by Gasteiger charge is 2.38. The summed E-state index contributed by atoms with van der Waals surface area (Å²) in [6.45, 7) is 6.23. The van der Waals surface area contributed by atoms with Crippen molar-refractivity contribution in [3.05, 3.63) is 20.8 Å². The molecule has 9 heteroatoms. The molecule has 0 fully saturated rings. The number of rotatable bonds is 8. The van der Waals surface area contributed by atoms with Gasteiger partial charge in [0.05, 0.1) is 0 Å². The van der Waals surface area contributed by atoms with Gasteiger partial charge in [0.15, 0.2) is 16.3 Å². The number of aliphatic carboxylic acids is 1. The summed E-state index contributed by atoms with van der Waals surface area (Å²) in [6.07, 6.45) is 2.59. The van der Waals surface area contributed by atoms with Crippen molar-refractivity contribution >= 4 is 28.9 Å². The highest BCUT2D eigenvalue weighted by Crippen LogP contribution is 2.39. The molecule has 0 bridgehead atoms. The number of unbranched alkanes of at least 4 members (excludes halogenated alkanes) is 1. The number of nitrogens with zero attached hydrogens (tertiary/aromatic N) is 3. The SMILES string of the molecule is CCCCn1c(SC(CC)(CC)C(=O)O)nc2c1c(=O)[nH]c(=O)n2C. The molecule has 8 nitrogen and oxygen atoms in total. The van der Waals surface area contributed by atoms with Crippen LogP contribution in [0.25, 0.3) is 11.2 Å². The second-order valence-corrected chi connectivity index (χ2v) is 7.35. The summed E-state index contributed by atoms with van der Waals surface area (Å²) < 4.78 is 2.01. The van der Waals surface area contributed by atoms with Gasteiger partial charge >= 0.3 is 11.7 Å². The Kier molecular flexibility index (Phi) is 5.76. The maximum absolute atomic E-state index is 12.3. The van der Waals surface area contributed by atoms with Crippen LogP contribution in [0.1, 0.15) is 46.5 Å². The van der Waals surface area contributed by atoms with Crippen molar-refractivity contribution < 1.29 is 9.90 Å². The number of imidazole rings is 1. The van der Waals surface area contributed by atoms with Crippen LogP contribution < -0.4 is 11.2 Å². The first-order valence-electron chi connectivity index (χ1n) is 8.43. The minimum atomic E-state index is -1.02. The molecular formula is C16H24N4O4S. The van der Waals surface area contributed by atoms with Gasteiger partial charge in [0, 0.05) is 13.6 Å². The maximum Gasteiger partial charge on any atom is 0.329 e. The van der Waals surface area contributed by atoms with E-state index in [2.05, 4.69) is 9.97 Å². The van der Waals surface area contributed by atoms with E-state index in [4.69, 9.17) is 0 Å². The number of hydrogen-bond donors (Lipinski definition) is 2. The lowest BCUT2D eigenvalue weighted by Crippen LogP contribution is -2.34. The Hall–Kier alpha value is -2.03. The van der Waals surface area contributed by atoms with E-state index in [0.717, 1.165) is 24.6 Å². The third-order valence-corrected chi connectivity index (χ3v) is 6.16. The van der Waals surface area contributed by atoms with Crippen LogP contribution in [0.3, 0.4) is 0 Å². The summed E-state index contributed by atoms with van der Waals surface area (Å²) in [5.41, 5.74) is -0.449. The van der Waals surface area contributed by atoms with Gasteiger partial charge in [0.1, 0.15) is 4.75 Å². The van der Waals surface area contributed by atoms with Crippen molar-refractivity contribution in [1.82, 2.24) is 19.1 Å². The first kappa shape index (κ1) is 19.3. The predicted octanol–water partition coefficient (Wildman–Crippen LogP) is 1.96. The first-order chi connectivity index (χ1) is 11.8. The van der Waals surface area contributed by atoms with Crippen molar-refractivity contribution in [1.29, 1.82) is 0 Å². The quantitative estimate of drug-likeness (QED) is 0.689. The second-order valence-electron chi connectivity index (χ2n) is 6.00. The summed E-state index contributed by atoms with van der Waals surface area (Å²) in [7, 11) is 1.54. The zero-order chi connectivity index (χ0) is 18.8. The van der Waals surface area contributed by atoms with Crippen LogP contribution in [0.2, 0.25) is 0 Å². The van der Waals surface area contributed by atoms with Gasteiger partial charge in [-0.25, -0.2) is 9.78 Å².